The van der Waals surface area contributed by atoms with E-state index in [1.165, 1.54) is 51.4 Å². The normalized spacial score (nSPS) is 22.7. The lowest BCUT2D eigenvalue weighted by atomic mass is 9.50. The van der Waals surface area contributed by atoms with Gasteiger partial charge in [0.25, 0.3) is 0 Å². The molecule has 0 radical (unpaired) electrons. The quantitative estimate of drug-likeness (QED) is 0.137. The van der Waals surface area contributed by atoms with Crippen molar-refractivity contribution in [2.75, 3.05) is 32.9 Å². The number of aliphatic hydroxyl groups is 1. The Bertz CT molecular complexity index is 744. The van der Waals surface area contributed by atoms with E-state index in [-0.39, 0.29) is 42.9 Å². The highest BCUT2D eigenvalue weighted by molar-refractivity contribution is 5.77. The second-order valence-electron chi connectivity index (χ2n) is 12.9. The second-order valence-corrected chi connectivity index (χ2v) is 12.9. The van der Waals surface area contributed by atoms with E-state index in [9.17, 15) is 19.5 Å². The van der Waals surface area contributed by atoms with E-state index in [0.717, 1.165) is 6.42 Å². The maximum atomic E-state index is 12.6. The summed E-state index contributed by atoms with van der Waals surface area (Å²) in [4.78, 5) is 38.9. The number of hydrogen-bond donors (Lipinski definition) is 1. The molecule has 2 aliphatic heterocycles. The van der Waals surface area contributed by atoms with Crippen LogP contribution in [0.4, 0.5) is 4.79 Å². The smallest absolute Gasteiger partial charge is 0.410 e. The monoisotopic (exact) mass is 539 g/mol. The number of ether oxygens (including phenoxy) is 3. The molecule has 1 amide bonds. The number of unbranched alkanes of at least 4 members (excludes halogenated alkanes) is 4. The Morgan fingerprint density at radius 3 is 1.92 bits per heavy atom. The first kappa shape index (κ1) is 32.4. The van der Waals surface area contributed by atoms with Crippen molar-refractivity contribution in [2.24, 2.45) is 16.7 Å². The fraction of sp³-hybridized carbons (Fsp3) is 0.900. The van der Waals surface area contributed by atoms with Crippen LogP contribution in [0.3, 0.4) is 0 Å². The SMILES string of the molecule is CCCCCC(CCCCC)CCOC(=O)CCC(=O)OCC12CN(C(=O)OC(C)(C)C)CC(CO)(C1)C2. The fourth-order valence-electron chi connectivity index (χ4n) is 6.11. The summed E-state index contributed by atoms with van der Waals surface area (Å²) < 4.78 is 16.5. The Morgan fingerprint density at radius 1 is 0.842 bits per heavy atom. The van der Waals surface area contributed by atoms with E-state index >= 15 is 0 Å². The zero-order valence-electron chi connectivity index (χ0n) is 24.6. The molecule has 1 saturated carbocycles. The van der Waals surface area contributed by atoms with Gasteiger partial charge in [0.15, 0.2) is 0 Å². The maximum absolute atomic E-state index is 12.6. The number of piperidine rings is 2. The van der Waals surface area contributed by atoms with Crippen LogP contribution in [-0.2, 0) is 23.8 Å². The summed E-state index contributed by atoms with van der Waals surface area (Å²) in [6.45, 7) is 11.3. The van der Waals surface area contributed by atoms with E-state index in [1.54, 1.807) is 4.90 Å². The Morgan fingerprint density at radius 2 is 1.39 bits per heavy atom. The minimum Gasteiger partial charge on any atom is -0.466 e. The highest BCUT2D eigenvalue weighted by atomic mass is 16.6. The summed E-state index contributed by atoms with van der Waals surface area (Å²) in [7, 11) is 0. The number of fused-ring (bicyclic) bond motifs is 2. The number of aliphatic hydroxyl groups excluding tert-OH is 1. The molecule has 0 aromatic heterocycles. The van der Waals surface area contributed by atoms with Crippen molar-refractivity contribution in [1.29, 1.82) is 0 Å². The molecule has 2 saturated heterocycles. The third-order valence-corrected chi connectivity index (χ3v) is 7.83. The molecule has 0 atom stereocenters. The van der Waals surface area contributed by atoms with Crippen LogP contribution in [0.15, 0.2) is 0 Å². The summed E-state index contributed by atoms with van der Waals surface area (Å²) in [6, 6.07) is 0. The van der Waals surface area contributed by atoms with Crippen molar-refractivity contribution >= 4 is 18.0 Å². The second kappa shape index (κ2) is 15.1. The lowest BCUT2D eigenvalue weighted by Crippen LogP contribution is -2.67. The predicted octanol–water partition coefficient (Wildman–Crippen LogP) is 6.03. The van der Waals surface area contributed by atoms with E-state index < -0.39 is 17.7 Å². The van der Waals surface area contributed by atoms with Crippen LogP contribution < -0.4 is 0 Å². The minimum atomic E-state index is -0.607. The summed E-state index contributed by atoms with van der Waals surface area (Å²) in [5.74, 6) is -0.212. The van der Waals surface area contributed by atoms with E-state index in [1.807, 2.05) is 20.8 Å². The number of hydrogen-bond acceptors (Lipinski definition) is 7. The highest BCUT2D eigenvalue weighted by Gasteiger charge is 2.61. The van der Waals surface area contributed by atoms with Crippen LogP contribution in [0.2, 0.25) is 0 Å². The highest BCUT2D eigenvalue weighted by Crippen LogP contribution is 2.58. The van der Waals surface area contributed by atoms with Crippen molar-refractivity contribution in [2.45, 2.75) is 124 Å². The van der Waals surface area contributed by atoms with Gasteiger partial charge in [-0.1, -0.05) is 65.2 Å². The molecule has 8 nitrogen and oxygen atoms in total. The molecule has 3 fully saturated rings. The Kier molecular flexibility index (Phi) is 12.9. The van der Waals surface area contributed by atoms with Gasteiger partial charge in [-0.25, -0.2) is 4.79 Å². The van der Waals surface area contributed by atoms with Gasteiger partial charge in [0.1, 0.15) is 5.60 Å². The first-order valence-corrected chi connectivity index (χ1v) is 14.9. The van der Waals surface area contributed by atoms with Gasteiger partial charge in [-0.15, -0.1) is 0 Å². The van der Waals surface area contributed by atoms with Crippen LogP contribution >= 0.6 is 0 Å². The van der Waals surface area contributed by atoms with Crippen molar-refractivity contribution in [3.8, 4) is 0 Å². The van der Waals surface area contributed by atoms with Gasteiger partial charge < -0.3 is 24.2 Å². The van der Waals surface area contributed by atoms with Gasteiger partial charge >= 0.3 is 18.0 Å². The molecule has 0 aromatic rings. The zero-order chi connectivity index (χ0) is 28.2. The number of carbonyl (C=O) groups is 3. The van der Waals surface area contributed by atoms with E-state index in [4.69, 9.17) is 14.2 Å². The van der Waals surface area contributed by atoms with Crippen LogP contribution in [0.1, 0.15) is 118 Å². The first-order chi connectivity index (χ1) is 18.0. The first-order valence-electron chi connectivity index (χ1n) is 14.9. The van der Waals surface area contributed by atoms with Crippen LogP contribution in [-0.4, -0.2) is 66.5 Å². The van der Waals surface area contributed by atoms with Gasteiger partial charge in [-0.2, -0.15) is 0 Å². The average molecular weight is 540 g/mol. The zero-order valence-corrected chi connectivity index (χ0v) is 24.6. The largest absolute Gasteiger partial charge is 0.466 e. The molecule has 2 heterocycles. The molecular weight excluding hydrogens is 486 g/mol. The van der Waals surface area contributed by atoms with Gasteiger partial charge in [-0.3, -0.25) is 9.59 Å². The lowest BCUT2D eigenvalue weighted by Gasteiger charge is -2.62. The molecule has 3 aliphatic rings. The third-order valence-electron chi connectivity index (χ3n) is 7.83. The molecule has 220 valence electrons. The van der Waals surface area contributed by atoms with Crippen LogP contribution in [0, 0.1) is 16.7 Å². The standard InChI is InChI=1S/C30H53NO7/c1-6-8-10-12-24(13-11-9-7-2)16-17-36-25(33)14-15-26(34)37-23-30-18-29(19-30,22-32)20-31(21-30)27(35)38-28(3,4)5/h24,32H,6-23H2,1-5H3. The number of nitrogens with zero attached hydrogens (tertiary/aromatic N) is 1. The van der Waals surface area contributed by atoms with Gasteiger partial charge in [0.2, 0.25) is 0 Å². The van der Waals surface area contributed by atoms with Gasteiger partial charge in [0.05, 0.1) is 32.7 Å². The molecule has 0 spiro atoms. The van der Waals surface area contributed by atoms with Crippen molar-refractivity contribution < 1.29 is 33.7 Å². The van der Waals surface area contributed by atoms with Crippen molar-refractivity contribution in [3.63, 3.8) is 0 Å². The number of esters is 2. The Balaban J connectivity index is 1.71. The van der Waals surface area contributed by atoms with Crippen LogP contribution in [0.5, 0.6) is 0 Å². The van der Waals surface area contributed by atoms with E-state index in [2.05, 4.69) is 13.8 Å². The predicted molar refractivity (Wildman–Crippen MR) is 147 cm³/mol. The van der Waals surface area contributed by atoms with Crippen LogP contribution in [0.25, 0.3) is 0 Å². The minimum absolute atomic E-state index is 0.00673. The molecule has 1 aliphatic carbocycles. The lowest BCUT2D eigenvalue weighted by molar-refractivity contribution is -0.184. The molecule has 1 N–H and O–H groups in total. The Labute approximate surface area is 230 Å². The Hall–Kier alpha value is -1.83. The molecule has 8 heteroatoms. The number of amides is 1. The molecule has 0 unspecified atom stereocenters. The molecule has 2 bridgehead atoms. The van der Waals surface area contributed by atoms with E-state index in [0.29, 0.717) is 38.5 Å². The van der Waals surface area contributed by atoms with Gasteiger partial charge in [0, 0.05) is 23.9 Å². The fourth-order valence-corrected chi connectivity index (χ4v) is 6.11. The average Bonchev–Trinajstić information content (AvgIpc) is 2.84. The summed E-state index contributed by atoms with van der Waals surface area (Å²) >= 11 is 0. The number of rotatable bonds is 17. The van der Waals surface area contributed by atoms with Gasteiger partial charge in [-0.05, 0) is 46.0 Å². The maximum Gasteiger partial charge on any atom is 0.410 e. The topological polar surface area (TPSA) is 102 Å². The third kappa shape index (κ3) is 10.7. The molecule has 3 rings (SSSR count). The molecular formula is C30H53NO7. The number of carbonyl (C=O) groups excluding carboxylic acids is 3. The van der Waals surface area contributed by atoms with Crippen molar-refractivity contribution in [3.05, 3.63) is 0 Å². The summed E-state index contributed by atoms with van der Waals surface area (Å²) in [6.07, 6.45) is 11.6. The molecule has 38 heavy (non-hydrogen) atoms. The van der Waals surface area contributed by atoms with Crippen molar-refractivity contribution in [1.82, 2.24) is 4.90 Å². The molecule has 0 aromatic carbocycles. The summed E-state index contributed by atoms with van der Waals surface area (Å²) in [5, 5.41) is 9.93. The summed E-state index contributed by atoms with van der Waals surface area (Å²) in [5.41, 5.74) is -1.35.